The molecule has 0 aromatic heterocycles. The number of amides is 1. The van der Waals surface area contributed by atoms with Crippen molar-refractivity contribution in [3.63, 3.8) is 0 Å². The predicted octanol–water partition coefficient (Wildman–Crippen LogP) is 2.89. The number of carbonyl (C=O) groups is 1. The van der Waals surface area contributed by atoms with E-state index in [2.05, 4.69) is 5.32 Å². The summed E-state index contributed by atoms with van der Waals surface area (Å²) >= 11 is 0. The first-order valence-corrected chi connectivity index (χ1v) is 10.6. The fourth-order valence-corrected chi connectivity index (χ4v) is 4.86. The first-order chi connectivity index (χ1) is 13.5. The van der Waals surface area contributed by atoms with Crippen molar-refractivity contribution in [1.29, 1.82) is 0 Å². The van der Waals surface area contributed by atoms with Crippen LogP contribution < -0.4 is 14.8 Å². The van der Waals surface area contributed by atoms with Crippen molar-refractivity contribution in [2.75, 3.05) is 25.6 Å². The number of anilines is 1. The summed E-state index contributed by atoms with van der Waals surface area (Å²) in [6.45, 7) is 2.77. The van der Waals surface area contributed by atoms with E-state index in [0.717, 1.165) is 0 Å². The Hall–Kier alpha value is -2.58. The first kappa shape index (κ1) is 20.2. The Morgan fingerprint density at radius 2 is 1.75 bits per heavy atom. The highest BCUT2D eigenvalue weighted by Crippen LogP contribution is 2.28. The number of ether oxygens (including phenoxy) is 2. The van der Waals surface area contributed by atoms with Crippen LogP contribution in [0.5, 0.6) is 11.5 Å². The fourth-order valence-electron chi connectivity index (χ4n) is 3.20. The number of sulfonamides is 1. The molecule has 0 spiro atoms. The van der Waals surface area contributed by atoms with E-state index in [0.29, 0.717) is 43.2 Å². The van der Waals surface area contributed by atoms with Crippen molar-refractivity contribution in [3.8, 4) is 11.5 Å². The minimum Gasteiger partial charge on any atom is -0.497 e. The van der Waals surface area contributed by atoms with Crippen LogP contribution in [-0.2, 0) is 14.8 Å². The van der Waals surface area contributed by atoms with Gasteiger partial charge in [0.25, 0.3) is 0 Å². The van der Waals surface area contributed by atoms with Crippen molar-refractivity contribution < 1.29 is 22.7 Å². The number of hydrogen-bond acceptors (Lipinski definition) is 5. The van der Waals surface area contributed by atoms with Gasteiger partial charge in [-0.3, -0.25) is 4.79 Å². The van der Waals surface area contributed by atoms with Crippen LogP contribution in [0.3, 0.4) is 0 Å². The largest absolute Gasteiger partial charge is 0.497 e. The summed E-state index contributed by atoms with van der Waals surface area (Å²) in [6.07, 6.45) is 1.12. The van der Waals surface area contributed by atoms with Crippen LogP contribution in [0.15, 0.2) is 53.4 Å². The Labute approximate surface area is 165 Å². The minimum absolute atomic E-state index is 0.147. The molecule has 1 aliphatic rings. The molecule has 0 aliphatic carbocycles. The number of carbonyl (C=O) groups excluding carboxylic acids is 1. The van der Waals surface area contributed by atoms with Gasteiger partial charge in [-0.25, -0.2) is 8.42 Å². The molecule has 0 radical (unpaired) electrons. The van der Waals surface area contributed by atoms with Gasteiger partial charge in [-0.05, 0) is 68.3 Å². The van der Waals surface area contributed by atoms with Crippen molar-refractivity contribution in [2.45, 2.75) is 30.7 Å². The van der Waals surface area contributed by atoms with Crippen LogP contribution in [0.2, 0.25) is 0 Å². The zero-order chi connectivity index (χ0) is 20.1. The zero-order valence-corrected chi connectivity index (χ0v) is 16.7. The van der Waals surface area contributed by atoms with Gasteiger partial charge in [-0.15, -0.1) is 0 Å². The van der Waals surface area contributed by atoms with Crippen molar-refractivity contribution in [3.05, 3.63) is 48.5 Å². The number of methoxy groups -OCH3 is 1. The van der Waals surface area contributed by atoms with Crippen molar-refractivity contribution in [1.82, 2.24) is 4.31 Å². The molecule has 2 aromatic carbocycles. The van der Waals surface area contributed by atoms with Crippen LogP contribution in [0, 0.1) is 0 Å². The Morgan fingerprint density at radius 1 is 1.11 bits per heavy atom. The molecule has 7 nitrogen and oxygen atoms in total. The Morgan fingerprint density at radius 3 is 2.36 bits per heavy atom. The maximum atomic E-state index is 13.0. The molecular formula is C20H24N2O5S. The van der Waals surface area contributed by atoms with E-state index >= 15 is 0 Å². The number of nitrogens with zero attached hydrogens (tertiary/aromatic N) is 1. The fraction of sp³-hybridized carbons (Fsp3) is 0.350. The summed E-state index contributed by atoms with van der Waals surface area (Å²) in [5.74, 6) is 0.953. The zero-order valence-electron chi connectivity index (χ0n) is 15.9. The third-order valence-corrected chi connectivity index (χ3v) is 6.53. The first-order valence-electron chi connectivity index (χ1n) is 9.15. The van der Waals surface area contributed by atoms with Gasteiger partial charge in [0.05, 0.1) is 18.6 Å². The van der Waals surface area contributed by atoms with E-state index in [1.54, 1.807) is 36.4 Å². The minimum atomic E-state index is -3.77. The van der Waals surface area contributed by atoms with Gasteiger partial charge in [0.2, 0.25) is 15.9 Å². The summed E-state index contributed by atoms with van der Waals surface area (Å²) in [5, 5.41) is 2.80. The molecule has 0 saturated carbocycles. The normalized spacial score (nSPS) is 17.3. The molecule has 0 bridgehead atoms. The van der Waals surface area contributed by atoms with Gasteiger partial charge in [-0.1, -0.05) is 0 Å². The summed E-state index contributed by atoms with van der Waals surface area (Å²) < 4.78 is 37.7. The second-order valence-electron chi connectivity index (χ2n) is 6.40. The van der Waals surface area contributed by atoms with E-state index in [1.165, 1.54) is 23.5 Å². The average molecular weight is 404 g/mol. The smallest absolute Gasteiger partial charge is 0.243 e. The molecule has 1 atom stereocenters. The van der Waals surface area contributed by atoms with Crippen LogP contribution >= 0.6 is 0 Å². The molecule has 1 N–H and O–H groups in total. The van der Waals surface area contributed by atoms with Crippen LogP contribution in [0.4, 0.5) is 5.69 Å². The van der Waals surface area contributed by atoms with Crippen molar-refractivity contribution >= 4 is 21.6 Å². The second-order valence-corrected chi connectivity index (χ2v) is 8.29. The predicted molar refractivity (Wildman–Crippen MR) is 106 cm³/mol. The van der Waals surface area contributed by atoms with E-state index in [9.17, 15) is 13.2 Å². The third-order valence-electron chi connectivity index (χ3n) is 4.61. The van der Waals surface area contributed by atoms with Crippen LogP contribution in [0.1, 0.15) is 19.8 Å². The maximum absolute atomic E-state index is 13.0. The Balaban J connectivity index is 1.74. The lowest BCUT2D eigenvalue weighted by Gasteiger charge is -2.23. The van der Waals surface area contributed by atoms with Gasteiger partial charge in [0.15, 0.2) is 0 Å². The monoisotopic (exact) mass is 404 g/mol. The van der Waals surface area contributed by atoms with E-state index in [4.69, 9.17) is 9.47 Å². The molecule has 1 saturated heterocycles. The van der Waals surface area contributed by atoms with E-state index in [-0.39, 0.29) is 10.8 Å². The maximum Gasteiger partial charge on any atom is 0.243 e. The van der Waals surface area contributed by atoms with E-state index in [1.807, 2.05) is 6.92 Å². The van der Waals surface area contributed by atoms with Crippen LogP contribution in [-0.4, -0.2) is 44.9 Å². The molecule has 1 heterocycles. The SMILES string of the molecule is CCOc1ccc(NC(=O)C2CCCN2S(=O)(=O)c2ccc(OC)cc2)cc1. The highest BCUT2D eigenvalue weighted by Gasteiger charge is 2.39. The molecule has 28 heavy (non-hydrogen) atoms. The number of rotatable bonds is 7. The molecule has 1 fully saturated rings. The molecule has 150 valence electrons. The quantitative estimate of drug-likeness (QED) is 0.767. The summed E-state index contributed by atoms with van der Waals surface area (Å²) in [5.41, 5.74) is 0.599. The lowest BCUT2D eigenvalue weighted by Crippen LogP contribution is -2.43. The highest BCUT2D eigenvalue weighted by atomic mass is 32.2. The summed E-state index contributed by atoms with van der Waals surface area (Å²) in [4.78, 5) is 12.9. The lowest BCUT2D eigenvalue weighted by atomic mass is 10.2. The van der Waals surface area contributed by atoms with Gasteiger partial charge in [0, 0.05) is 12.2 Å². The van der Waals surface area contributed by atoms with Gasteiger partial charge >= 0.3 is 0 Å². The number of nitrogens with one attached hydrogen (secondary N) is 1. The second kappa shape index (κ2) is 8.62. The summed E-state index contributed by atoms with van der Waals surface area (Å²) in [7, 11) is -2.25. The summed E-state index contributed by atoms with van der Waals surface area (Å²) in [6, 6.07) is 12.4. The average Bonchev–Trinajstić information content (AvgIpc) is 3.21. The molecule has 1 aliphatic heterocycles. The molecule has 8 heteroatoms. The standard InChI is InChI=1S/C20H24N2O5S/c1-3-27-17-8-6-15(7-9-17)21-20(23)19-5-4-14-22(19)28(24,25)18-12-10-16(26-2)11-13-18/h6-13,19H,3-5,14H2,1-2H3,(H,21,23). The topological polar surface area (TPSA) is 84.9 Å². The third kappa shape index (κ3) is 4.28. The molecular weight excluding hydrogens is 380 g/mol. The number of hydrogen-bond donors (Lipinski definition) is 1. The highest BCUT2D eigenvalue weighted by molar-refractivity contribution is 7.89. The Kier molecular flexibility index (Phi) is 6.21. The Bertz CT molecular complexity index is 911. The van der Waals surface area contributed by atoms with Gasteiger partial charge in [0.1, 0.15) is 17.5 Å². The number of benzene rings is 2. The molecule has 3 rings (SSSR count). The van der Waals surface area contributed by atoms with Crippen molar-refractivity contribution in [2.24, 2.45) is 0 Å². The van der Waals surface area contributed by atoms with E-state index < -0.39 is 16.1 Å². The van der Waals surface area contributed by atoms with Gasteiger partial charge < -0.3 is 14.8 Å². The molecule has 1 amide bonds. The molecule has 2 aromatic rings. The lowest BCUT2D eigenvalue weighted by molar-refractivity contribution is -0.119. The molecule has 1 unspecified atom stereocenters. The van der Waals surface area contributed by atoms with Gasteiger partial charge in [-0.2, -0.15) is 4.31 Å². The van der Waals surface area contributed by atoms with Crippen LogP contribution in [0.25, 0.3) is 0 Å².